The molecule has 0 spiro atoms. The second kappa shape index (κ2) is 9.57. The smallest absolute Gasteiger partial charge is 0.256 e. The maximum absolute atomic E-state index is 14.1. The van der Waals surface area contributed by atoms with E-state index < -0.39 is 6.10 Å². The van der Waals surface area contributed by atoms with Crippen molar-refractivity contribution >= 4 is 40.7 Å². The van der Waals surface area contributed by atoms with Gasteiger partial charge in [0.1, 0.15) is 11.9 Å². The molecule has 1 saturated heterocycles. The van der Waals surface area contributed by atoms with Crippen molar-refractivity contribution in [2.75, 3.05) is 25.0 Å². The molecule has 1 unspecified atom stereocenters. The highest BCUT2D eigenvalue weighted by atomic mass is 35.5. The van der Waals surface area contributed by atoms with Crippen LogP contribution in [0.1, 0.15) is 41.8 Å². The molecular formula is C21H21Cl2FN2O3. The van der Waals surface area contributed by atoms with Crippen LogP contribution >= 0.6 is 23.2 Å². The largest absolute Gasteiger partial charge is 0.370 e. The Morgan fingerprint density at radius 3 is 2.76 bits per heavy atom. The average Bonchev–Trinajstić information content (AvgIpc) is 2.70. The molecule has 29 heavy (non-hydrogen) atoms. The van der Waals surface area contributed by atoms with Crippen LogP contribution in [0, 0.1) is 5.82 Å². The van der Waals surface area contributed by atoms with Crippen molar-refractivity contribution in [3.63, 3.8) is 0 Å². The van der Waals surface area contributed by atoms with Crippen molar-refractivity contribution in [1.29, 1.82) is 0 Å². The van der Waals surface area contributed by atoms with Crippen LogP contribution < -0.4 is 5.32 Å². The van der Waals surface area contributed by atoms with Crippen LogP contribution in [0.25, 0.3) is 0 Å². The van der Waals surface area contributed by atoms with Gasteiger partial charge in [-0.15, -0.1) is 0 Å². The van der Waals surface area contributed by atoms with E-state index in [9.17, 15) is 14.0 Å². The van der Waals surface area contributed by atoms with Crippen LogP contribution in [0.15, 0.2) is 36.4 Å². The second-order valence-corrected chi connectivity index (χ2v) is 7.58. The van der Waals surface area contributed by atoms with Gasteiger partial charge in [0, 0.05) is 23.6 Å². The average molecular weight is 439 g/mol. The van der Waals surface area contributed by atoms with Crippen LogP contribution in [0.5, 0.6) is 0 Å². The maximum atomic E-state index is 14.1. The van der Waals surface area contributed by atoms with Crippen LogP contribution in [0.4, 0.5) is 10.1 Å². The van der Waals surface area contributed by atoms with Gasteiger partial charge in [0.15, 0.2) is 0 Å². The number of ether oxygens (including phenoxy) is 1. The topological polar surface area (TPSA) is 58.6 Å². The summed E-state index contributed by atoms with van der Waals surface area (Å²) in [6.45, 7) is 2.64. The molecule has 1 heterocycles. The molecule has 0 saturated carbocycles. The number of nitrogens with zero attached hydrogens (tertiary/aromatic N) is 1. The number of amides is 2. The van der Waals surface area contributed by atoms with Gasteiger partial charge >= 0.3 is 0 Å². The summed E-state index contributed by atoms with van der Waals surface area (Å²) < 4.78 is 19.8. The predicted octanol–water partition coefficient (Wildman–Crippen LogP) is 5.08. The highest BCUT2D eigenvalue weighted by Gasteiger charge is 2.29. The van der Waals surface area contributed by atoms with Crippen LogP contribution in [0.3, 0.4) is 0 Å². The molecule has 1 aliphatic heterocycles. The van der Waals surface area contributed by atoms with Gasteiger partial charge in [0.05, 0.1) is 29.4 Å². The van der Waals surface area contributed by atoms with E-state index in [0.717, 1.165) is 0 Å². The number of rotatable bonds is 5. The molecule has 0 radical (unpaired) electrons. The number of carbonyl (C=O) groups is 2. The number of hydrogen-bond acceptors (Lipinski definition) is 3. The summed E-state index contributed by atoms with van der Waals surface area (Å²) >= 11 is 12.4. The van der Waals surface area contributed by atoms with Crippen LogP contribution in [-0.4, -0.2) is 36.4 Å². The number of hydrogen-bond donors (Lipinski definition) is 1. The van der Waals surface area contributed by atoms with Crippen molar-refractivity contribution < 1.29 is 18.7 Å². The number of anilines is 1. The standard InChI is InChI=1S/C21H21Cl2FN2O3/c1-2-5-19(27)25-20-15(10-13(22)11-16(20)23)21(28)26-8-9-29-18(12-26)14-6-3-4-7-17(14)24/h3-4,6-7,10-11,18H,2,5,8-9,12H2,1H3,(H,25,27). The Labute approximate surface area is 178 Å². The van der Waals surface area contributed by atoms with Gasteiger partial charge < -0.3 is 15.0 Å². The third-order valence-corrected chi connectivity index (χ3v) is 5.15. The molecule has 154 valence electrons. The second-order valence-electron chi connectivity index (χ2n) is 6.74. The maximum Gasteiger partial charge on any atom is 0.256 e. The zero-order valence-corrected chi connectivity index (χ0v) is 17.4. The molecule has 2 amide bonds. The molecule has 0 bridgehead atoms. The van der Waals surface area contributed by atoms with Gasteiger partial charge in [0.2, 0.25) is 5.91 Å². The lowest BCUT2D eigenvalue weighted by Crippen LogP contribution is -2.42. The minimum atomic E-state index is -0.582. The zero-order chi connectivity index (χ0) is 21.0. The van der Waals surface area contributed by atoms with E-state index in [2.05, 4.69) is 5.32 Å². The Bertz CT molecular complexity index is 923. The lowest BCUT2D eigenvalue weighted by Gasteiger charge is -2.33. The lowest BCUT2D eigenvalue weighted by atomic mass is 10.1. The van der Waals surface area contributed by atoms with E-state index >= 15 is 0 Å². The first kappa shape index (κ1) is 21.6. The van der Waals surface area contributed by atoms with Gasteiger partial charge in [0.25, 0.3) is 5.91 Å². The van der Waals surface area contributed by atoms with Gasteiger partial charge in [-0.25, -0.2) is 4.39 Å². The number of halogens is 3. The van der Waals surface area contributed by atoms with Gasteiger partial charge in [-0.2, -0.15) is 0 Å². The number of benzene rings is 2. The Morgan fingerprint density at radius 2 is 2.03 bits per heavy atom. The van der Waals surface area contributed by atoms with E-state index in [4.69, 9.17) is 27.9 Å². The Kier molecular flexibility index (Phi) is 7.11. The van der Waals surface area contributed by atoms with Gasteiger partial charge in [-0.3, -0.25) is 9.59 Å². The normalized spacial score (nSPS) is 16.6. The summed E-state index contributed by atoms with van der Waals surface area (Å²) in [5, 5.41) is 3.18. The fourth-order valence-electron chi connectivity index (χ4n) is 3.23. The van der Waals surface area contributed by atoms with Gasteiger partial charge in [-0.1, -0.05) is 48.3 Å². The Balaban J connectivity index is 1.87. The minimum Gasteiger partial charge on any atom is -0.370 e. The predicted molar refractivity (Wildman–Crippen MR) is 111 cm³/mol. The Morgan fingerprint density at radius 1 is 1.28 bits per heavy atom. The molecule has 2 aromatic carbocycles. The van der Waals surface area contributed by atoms with Gasteiger partial charge in [-0.05, 0) is 24.6 Å². The zero-order valence-electron chi connectivity index (χ0n) is 15.9. The van der Waals surface area contributed by atoms with Crippen molar-refractivity contribution in [2.45, 2.75) is 25.9 Å². The molecule has 1 aliphatic rings. The highest BCUT2D eigenvalue weighted by Crippen LogP contribution is 2.33. The molecule has 1 N–H and O–H groups in total. The molecule has 0 aliphatic carbocycles. The summed E-state index contributed by atoms with van der Waals surface area (Å²) in [4.78, 5) is 26.9. The van der Waals surface area contributed by atoms with Crippen molar-refractivity contribution in [3.8, 4) is 0 Å². The third-order valence-electron chi connectivity index (χ3n) is 4.63. The Hall–Kier alpha value is -2.15. The molecule has 3 rings (SSSR count). The summed E-state index contributed by atoms with van der Waals surface area (Å²) in [6, 6.07) is 9.27. The van der Waals surface area contributed by atoms with E-state index in [0.29, 0.717) is 24.9 Å². The molecule has 5 nitrogen and oxygen atoms in total. The molecular weight excluding hydrogens is 418 g/mol. The first-order valence-electron chi connectivity index (χ1n) is 9.35. The fraction of sp³-hybridized carbons (Fsp3) is 0.333. The highest BCUT2D eigenvalue weighted by molar-refractivity contribution is 6.38. The summed E-state index contributed by atoms with van der Waals surface area (Å²) in [5.41, 5.74) is 0.820. The monoisotopic (exact) mass is 438 g/mol. The molecule has 8 heteroatoms. The molecule has 1 fully saturated rings. The van der Waals surface area contributed by atoms with Crippen molar-refractivity contribution in [2.24, 2.45) is 0 Å². The van der Waals surface area contributed by atoms with E-state index in [1.54, 1.807) is 23.1 Å². The van der Waals surface area contributed by atoms with Crippen molar-refractivity contribution in [3.05, 3.63) is 63.4 Å². The first-order valence-corrected chi connectivity index (χ1v) is 10.1. The van der Waals surface area contributed by atoms with Crippen molar-refractivity contribution in [1.82, 2.24) is 4.90 Å². The van der Waals surface area contributed by atoms with E-state index in [1.807, 2.05) is 6.92 Å². The molecule has 2 aromatic rings. The SMILES string of the molecule is CCCC(=O)Nc1c(Cl)cc(Cl)cc1C(=O)N1CCOC(c2ccccc2F)C1. The lowest BCUT2D eigenvalue weighted by molar-refractivity contribution is -0.116. The number of morpholine rings is 1. The third kappa shape index (κ3) is 5.07. The summed E-state index contributed by atoms with van der Waals surface area (Å²) in [6.07, 6.45) is 0.384. The van der Waals surface area contributed by atoms with E-state index in [1.165, 1.54) is 18.2 Å². The molecule has 1 atom stereocenters. The first-order chi connectivity index (χ1) is 13.9. The fourth-order valence-corrected chi connectivity index (χ4v) is 3.77. The quantitative estimate of drug-likeness (QED) is 0.707. The van der Waals surface area contributed by atoms with Crippen LogP contribution in [-0.2, 0) is 9.53 Å². The van der Waals surface area contributed by atoms with E-state index in [-0.39, 0.29) is 52.1 Å². The number of nitrogens with one attached hydrogen (secondary N) is 1. The minimum absolute atomic E-state index is 0.173. The number of carbonyl (C=O) groups excluding carboxylic acids is 2. The van der Waals surface area contributed by atoms with Crippen LogP contribution in [0.2, 0.25) is 10.0 Å². The summed E-state index contributed by atoms with van der Waals surface area (Å²) in [5.74, 6) is -0.979. The molecule has 0 aromatic heterocycles. The summed E-state index contributed by atoms with van der Waals surface area (Å²) in [7, 11) is 0.